The monoisotopic (exact) mass is 336 g/mol. The lowest BCUT2D eigenvalue weighted by Gasteiger charge is -2.43. The highest BCUT2D eigenvalue weighted by atomic mass is 35.8. The molecule has 0 radical (unpaired) electrons. The van der Waals surface area contributed by atoms with Gasteiger partial charge >= 0.3 is 6.00 Å². The first-order valence-corrected chi connectivity index (χ1v) is 12.8. The molecule has 2 fully saturated rings. The molecule has 0 N–H and O–H groups in total. The van der Waals surface area contributed by atoms with Crippen LogP contribution in [-0.4, -0.2) is 12.7 Å². The summed E-state index contributed by atoms with van der Waals surface area (Å²) in [5, 5.41) is 1.25. The van der Waals surface area contributed by atoms with Crippen molar-refractivity contribution in [2.75, 3.05) is 0 Å². The summed E-state index contributed by atoms with van der Waals surface area (Å²) in [6, 6.07) is -2.71. The van der Waals surface area contributed by atoms with Gasteiger partial charge < -0.3 is 0 Å². The highest BCUT2D eigenvalue weighted by Crippen LogP contribution is 2.51. The van der Waals surface area contributed by atoms with Crippen LogP contribution in [0.15, 0.2) is 11.2 Å². The van der Waals surface area contributed by atoms with Crippen LogP contribution in [0.4, 0.5) is 0 Å². The summed E-state index contributed by atoms with van der Waals surface area (Å²) in [6.07, 6.45) is 14.0. The van der Waals surface area contributed by atoms with Crippen molar-refractivity contribution in [3.05, 3.63) is 11.2 Å². The molecule has 2 aliphatic rings. The van der Waals surface area contributed by atoms with Crippen molar-refractivity contribution in [1.29, 1.82) is 0 Å². The third kappa shape index (κ3) is 4.18. The minimum atomic E-state index is -2.71. The summed E-state index contributed by atoms with van der Waals surface area (Å²) in [4.78, 5) is 0. The van der Waals surface area contributed by atoms with Gasteiger partial charge in [-0.2, -0.15) is 0 Å². The molecule has 0 aliphatic carbocycles. The zero-order valence-electron chi connectivity index (χ0n) is 11.8. The van der Waals surface area contributed by atoms with Crippen LogP contribution >= 0.6 is 33.2 Å². The molecule has 108 valence electrons. The fraction of sp³-hybridized carbons (Fsp3) is 0.857. The van der Waals surface area contributed by atoms with Crippen LogP contribution in [0.3, 0.4) is 0 Å². The molecule has 19 heavy (non-hydrogen) atoms. The van der Waals surface area contributed by atoms with Gasteiger partial charge in [-0.25, -0.2) is 0 Å². The lowest BCUT2D eigenvalue weighted by atomic mass is 9.27. The second kappa shape index (κ2) is 7.24. The first-order chi connectivity index (χ1) is 9.04. The summed E-state index contributed by atoms with van der Waals surface area (Å²) in [5.41, 5.74) is 0. The molecule has 0 aromatic heterocycles. The van der Waals surface area contributed by atoms with Gasteiger partial charge in [0, 0.05) is 0 Å². The molecule has 2 heterocycles. The number of allylic oxidation sites excluding steroid dienone is 1. The number of unbranched alkanes of at least 4 members (excludes halogenated alkanes) is 2. The summed E-state index contributed by atoms with van der Waals surface area (Å²) in [5.74, 6) is 1.59. The quantitative estimate of drug-likeness (QED) is 0.307. The molecule has 0 amide bonds. The smallest absolute Gasteiger partial charge is 0.122 e. The Balaban J connectivity index is 2.19. The second-order valence-electron chi connectivity index (χ2n) is 6.21. The number of fused-ring (bicyclic) bond motifs is 2. The van der Waals surface area contributed by atoms with E-state index in [4.69, 9.17) is 33.2 Å². The fourth-order valence-electron chi connectivity index (χ4n) is 4.09. The largest absolute Gasteiger partial charge is 0.360 e. The van der Waals surface area contributed by atoms with Gasteiger partial charge in [0.25, 0.3) is 0 Å². The standard InChI is InChI=1S/C14H24BCl3Si/c1-2-3-4-11-14(19(16,17)18)15-12-7-5-8-13(15)10-6-9-12/h11-13H,2-10H2,1H3/b14-11-. The van der Waals surface area contributed by atoms with E-state index in [9.17, 15) is 0 Å². The molecule has 0 unspecified atom stereocenters. The van der Waals surface area contributed by atoms with E-state index < -0.39 is 6.00 Å². The molecule has 5 heteroatoms. The van der Waals surface area contributed by atoms with Crippen molar-refractivity contribution in [1.82, 2.24) is 0 Å². The Morgan fingerprint density at radius 2 is 1.63 bits per heavy atom. The Bertz CT molecular complexity index is 305. The third-order valence-electron chi connectivity index (χ3n) is 4.92. The third-order valence-corrected chi connectivity index (χ3v) is 8.08. The van der Waals surface area contributed by atoms with E-state index in [-0.39, 0.29) is 0 Å². The second-order valence-corrected chi connectivity index (χ2v) is 14.6. The molecule has 0 aromatic rings. The predicted octanol–water partition coefficient (Wildman–Crippen LogP) is 6.44. The summed E-state index contributed by atoms with van der Waals surface area (Å²) in [6.45, 7) is 2.81. The molecule has 2 bridgehead atoms. The van der Waals surface area contributed by atoms with Gasteiger partial charge in [-0.1, -0.05) is 81.1 Å². The molecule has 2 aliphatic heterocycles. The van der Waals surface area contributed by atoms with Crippen molar-refractivity contribution < 1.29 is 0 Å². The van der Waals surface area contributed by atoms with Crippen LogP contribution in [-0.2, 0) is 0 Å². The molecule has 0 atom stereocenters. The normalized spacial score (nSPS) is 28.6. The fourth-order valence-corrected chi connectivity index (χ4v) is 7.14. The summed E-state index contributed by atoms with van der Waals surface area (Å²) < 4.78 is 0. The van der Waals surface area contributed by atoms with E-state index in [0.717, 1.165) is 18.1 Å². The van der Waals surface area contributed by atoms with E-state index in [1.54, 1.807) is 0 Å². The lowest BCUT2D eigenvalue weighted by Crippen LogP contribution is -2.42. The lowest BCUT2D eigenvalue weighted by molar-refractivity contribution is 0.446. The minimum absolute atomic E-state index is 0.596. The first kappa shape index (κ1) is 16.3. The SMILES string of the molecule is CCCC/C=C(/B1C2CCCC1CCC2)[Si](Cl)(Cl)Cl. The topological polar surface area (TPSA) is 0 Å². The molecule has 0 nitrogen and oxygen atoms in total. The maximum atomic E-state index is 6.42. The Hall–Kier alpha value is 0.892. The van der Waals surface area contributed by atoms with E-state index >= 15 is 0 Å². The summed E-state index contributed by atoms with van der Waals surface area (Å²) in [7, 11) is 0. The minimum Gasteiger partial charge on any atom is -0.122 e. The van der Waals surface area contributed by atoms with Crippen molar-refractivity contribution in [2.24, 2.45) is 0 Å². The van der Waals surface area contributed by atoms with Gasteiger partial charge in [0.2, 0.25) is 0 Å². The Morgan fingerprint density at radius 1 is 1.11 bits per heavy atom. The first-order valence-electron chi connectivity index (χ1n) is 7.81. The summed E-state index contributed by atoms with van der Waals surface area (Å²) >= 11 is 19.3. The van der Waals surface area contributed by atoms with Crippen LogP contribution in [0.2, 0.25) is 11.6 Å². The van der Waals surface area contributed by atoms with Gasteiger partial charge in [0.15, 0.2) is 6.71 Å². The van der Waals surface area contributed by atoms with Crippen molar-refractivity contribution in [3.63, 3.8) is 0 Å². The van der Waals surface area contributed by atoms with Crippen LogP contribution in [0, 0.1) is 0 Å². The molecule has 0 spiro atoms. The molecule has 2 rings (SSSR count). The van der Waals surface area contributed by atoms with Gasteiger partial charge in [-0.05, 0) is 6.42 Å². The van der Waals surface area contributed by atoms with Crippen LogP contribution in [0.5, 0.6) is 0 Å². The highest BCUT2D eigenvalue weighted by molar-refractivity contribution is 7.69. The van der Waals surface area contributed by atoms with Gasteiger partial charge in [-0.15, -0.1) is 33.2 Å². The number of hydrogen-bond acceptors (Lipinski definition) is 0. The predicted molar refractivity (Wildman–Crippen MR) is 91.9 cm³/mol. The van der Waals surface area contributed by atoms with Gasteiger partial charge in [0.1, 0.15) is 0 Å². The average Bonchev–Trinajstić information content (AvgIpc) is 2.32. The molecule has 2 saturated heterocycles. The van der Waals surface area contributed by atoms with Crippen molar-refractivity contribution >= 4 is 46.0 Å². The average molecular weight is 338 g/mol. The number of rotatable bonds is 5. The number of halogens is 3. The maximum absolute atomic E-state index is 6.42. The Kier molecular flexibility index (Phi) is 6.20. The van der Waals surface area contributed by atoms with Crippen molar-refractivity contribution in [2.45, 2.75) is 76.3 Å². The molecule has 0 saturated carbocycles. The van der Waals surface area contributed by atoms with Gasteiger partial charge in [-0.3, -0.25) is 0 Å². The van der Waals surface area contributed by atoms with E-state index in [2.05, 4.69) is 13.0 Å². The molecular weight excluding hydrogens is 313 g/mol. The molecule has 0 aromatic carbocycles. The van der Waals surface area contributed by atoms with Crippen LogP contribution in [0.25, 0.3) is 0 Å². The van der Waals surface area contributed by atoms with E-state index in [1.807, 2.05) is 0 Å². The Labute approximate surface area is 133 Å². The zero-order chi connectivity index (χ0) is 13.9. The van der Waals surface area contributed by atoms with Crippen molar-refractivity contribution in [3.8, 4) is 0 Å². The highest BCUT2D eigenvalue weighted by Gasteiger charge is 2.47. The van der Waals surface area contributed by atoms with Gasteiger partial charge in [0.05, 0.1) is 0 Å². The Morgan fingerprint density at radius 3 is 2.05 bits per heavy atom. The van der Waals surface area contributed by atoms with E-state index in [0.29, 0.717) is 6.71 Å². The van der Waals surface area contributed by atoms with E-state index in [1.165, 1.54) is 56.5 Å². The van der Waals surface area contributed by atoms with Crippen LogP contribution < -0.4 is 0 Å². The molecular formula is C14H24BCl3Si. The zero-order valence-corrected chi connectivity index (χ0v) is 15.1. The number of hydrogen-bond donors (Lipinski definition) is 0. The van der Waals surface area contributed by atoms with Crippen LogP contribution in [0.1, 0.15) is 64.7 Å². The maximum Gasteiger partial charge on any atom is 0.360 e.